The van der Waals surface area contributed by atoms with Crippen LogP contribution in [0.2, 0.25) is 0 Å². The Morgan fingerprint density at radius 3 is 2.15 bits per heavy atom. The van der Waals surface area contributed by atoms with Crippen LogP contribution in [0.5, 0.6) is 0 Å². The second-order valence-electron chi connectivity index (χ2n) is 7.86. The summed E-state index contributed by atoms with van der Waals surface area (Å²) in [6.45, 7) is 10.7. The third kappa shape index (κ3) is 7.36. The minimum atomic E-state index is -3.12. The Hall–Kier alpha value is -1.56. The highest BCUT2D eigenvalue weighted by Crippen LogP contribution is 2.16. The third-order valence-electron chi connectivity index (χ3n) is 4.40. The lowest BCUT2D eigenvalue weighted by molar-refractivity contribution is 0.559. The van der Waals surface area contributed by atoms with E-state index < -0.39 is 14.6 Å². The lowest BCUT2D eigenvalue weighted by Gasteiger charge is -2.19. The topological polar surface area (TPSA) is 70.6 Å². The van der Waals surface area contributed by atoms with Gasteiger partial charge in [-0.3, -0.25) is 4.99 Å². The van der Waals surface area contributed by atoms with Crippen LogP contribution in [0.1, 0.15) is 58.1 Å². The number of benzene rings is 1. The molecule has 0 aliphatic carbocycles. The summed E-state index contributed by atoms with van der Waals surface area (Å²) in [4.78, 5) is 4.14. The third-order valence-corrected chi connectivity index (χ3v) is 7.01. The largest absolute Gasteiger partial charge is 0.356 e. The molecular formula is C20H35N3O2S. The predicted molar refractivity (Wildman–Crippen MR) is 112 cm³/mol. The zero-order chi connectivity index (χ0) is 19.8. The van der Waals surface area contributed by atoms with Gasteiger partial charge in [-0.2, -0.15) is 0 Å². The number of aliphatic imine (C=N–C) groups is 1. The second kappa shape index (κ2) is 9.95. The summed E-state index contributed by atoms with van der Waals surface area (Å²) < 4.78 is 23.5. The fourth-order valence-corrected chi connectivity index (χ4v) is 3.38. The molecule has 0 fully saturated rings. The van der Waals surface area contributed by atoms with Crippen molar-refractivity contribution < 1.29 is 8.42 Å². The van der Waals surface area contributed by atoms with Crippen molar-refractivity contribution in [2.75, 3.05) is 25.9 Å². The van der Waals surface area contributed by atoms with Gasteiger partial charge in [0, 0.05) is 20.1 Å². The van der Waals surface area contributed by atoms with E-state index in [1.165, 1.54) is 11.1 Å². The van der Waals surface area contributed by atoms with Crippen LogP contribution in [0, 0.1) is 0 Å². The Morgan fingerprint density at radius 2 is 1.65 bits per heavy atom. The Balaban J connectivity index is 2.32. The summed E-state index contributed by atoms with van der Waals surface area (Å²) in [5.41, 5.74) is 2.69. The maximum Gasteiger partial charge on any atom is 0.191 e. The van der Waals surface area contributed by atoms with Gasteiger partial charge in [0.25, 0.3) is 0 Å². The first-order chi connectivity index (χ1) is 12.1. The highest BCUT2D eigenvalue weighted by molar-refractivity contribution is 7.92. The molecule has 0 atom stereocenters. The molecule has 0 amide bonds. The van der Waals surface area contributed by atoms with Gasteiger partial charge in [0.15, 0.2) is 15.8 Å². The number of rotatable bonds is 8. The number of guanidine groups is 1. The van der Waals surface area contributed by atoms with E-state index in [2.05, 4.69) is 53.7 Å². The van der Waals surface area contributed by atoms with E-state index in [1.807, 2.05) is 0 Å². The Bertz CT molecular complexity index is 672. The normalized spacial score (nSPS) is 13.1. The fraction of sp³-hybridized carbons (Fsp3) is 0.650. The Labute approximate surface area is 159 Å². The molecule has 6 heteroatoms. The summed E-state index contributed by atoms with van der Waals surface area (Å²) >= 11 is 0. The van der Waals surface area contributed by atoms with Crippen LogP contribution >= 0.6 is 0 Å². The van der Waals surface area contributed by atoms with Gasteiger partial charge in [0.05, 0.1) is 10.5 Å². The number of hydrogen-bond donors (Lipinski definition) is 2. The lowest BCUT2D eigenvalue weighted by atomic mass is 10.0. The predicted octanol–water partition coefficient (Wildman–Crippen LogP) is 3.12. The molecule has 2 N–H and O–H groups in total. The summed E-state index contributed by atoms with van der Waals surface area (Å²) in [5, 5.41) is 6.31. The van der Waals surface area contributed by atoms with E-state index >= 15 is 0 Å². The van der Waals surface area contributed by atoms with Gasteiger partial charge in [-0.15, -0.1) is 0 Å². The molecule has 1 aromatic rings. The molecule has 26 heavy (non-hydrogen) atoms. The maximum absolute atomic E-state index is 12.1. The monoisotopic (exact) mass is 381 g/mol. The van der Waals surface area contributed by atoms with E-state index in [-0.39, 0.29) is 5.75 Å². The summed E-state index contributed by atoms with van der Waals surface area (Å²) in [6, 6.07) is 8.78. The molecule has 0 saturated heterocycles. The van der Waals surface area contributed by atoms with Gasteiger partial charge in [-0.05, 0) is 50.7 Å². The molecule has 0 unspecified atom stereocenters. The first-order valence-electron chi connectivity index (χ1n) is 9.32. The van der Waals surface area contributed by atoms with Gasteiger partial charge in [-0.1, -0.05) is 38.1 Å². The molecule has 5 nitrogen and oxygen atoms in total. The van der Waals surface area contributed by atoms with Crippen LogP contribution in [0.25, 0.3) is 0 Å². The van der Waals surface area contributed by atoms with E-state index in [4.69, 9.17) is 0 Å². The molecular weight excluding hydrogens is 346 g/mol. The number of nitrogens with one attached hydrogen (secondary N) is 2. The van der Waals surface area contributed by atoms with E-state index in [0.29, 0.717) is 18.4 Å². The van der Waals surface area contributed by atoms with Crippen molar-refractivity contribution in [1.29, 1.82) is 0 Å². The lowest BCUT2D eigenvalue weighted by Crippen LogP contribution is -2.42. The minimum absolute atomic E-state index is 0.0966. The van der Waals surface area contributed by atoms with Gasteiger partial charge >= 0.3 is 0 Å². The van der Waals surface area contributed by atoms with Crippen molar-refractivity contribution in [1.82, 2.24) is 10.6 Å². The molecule has 0 spiro atoms. The van der Waals surface area contributed by atoms with Crippen LogP contribution in [0.4, 0.5) is 0 Å². The molecule has 0 aliphatic rings. The highest BCUT2D eigenvalue weighted by Gasteiger charge is 2.28. The zero-order valence-corrected chi connectivity index (χ0v) is 17.9. The quantitative estimate of drug-likeness (QED) is 0.412. The van der Waals surface area contributed by atoms with Crippen molar-refractivity contribution in [3.05, 3.63) is 35.4 Å². The van der Waals surface area contributed by atoms with Crippen LogP contribution in [0.15, 0.2) is 29.3 Å². The van der Waals surface area contributed by atoms with Crippen LogP contribution in [-0.4, -0.2) is 45.0 Å². The van der Waals surface area contributed by atoms with Gasteiger partial charge in [0.2, 0.25) is 0 Å². The molecule has 0 saturated carbocycles. The number of aryl methyl sites for hydroxylation is 1. The zero-order valence-electron chi connectivity index (χ0n) is 17.1. The summed E-state index contributed by atoms with van der Waals surface area (Å²) in [6.07, 6.45) is 1.99. The molecule has 0 aliphatic heterocycles. The molecule has 1 aromatic carbocycles. The van der Waals surface area contributed by atoms with Gasteiger partial charge in [-0.25, -0.2) is 8.42 Å². The van der Waals surface area contributed by atoms with Crippen molar-refractivity contribution in [2.24, 2.45) is 4.99 Å². The molecule has 1 rings (SSSR count). The number of hydrogen-bond acceptors (Lipinski definition) is 3. The second-order valence-corrected chi connectivity index (χ2v) is 10.7. The Morgan fingerprint density at radius 1 is 1.08 bits per heavy atom. The first-order valence-corrected chi connectivity index (χ1v) is 11.0. The van der Waals surface area contributed by atoms with E-state index in [1.54, 1.807) is 27.8 Å². The summed E-state index contributed by atoms with van der Waals surface area (Å²) in [5.74, 6) is 1.30. The van der Waals surface area contributed by atoms with Crippen molar-refractivity contribution in [2.45, 2.75) is 58.1 Å². The van der Waals surface area contributed by atoms with Crippen LogP contribution in [0.3, 0.4) is 0 Å². The molecule has 0 heterocycles. The molecule has 148 valence electrons. The van der Waals surface area contributed by atoms with Crippen molar-refractivity contribution >= 4 is 15.8 Å². The van der Waals surface area contributed by atoms with Crippen LogP contribution < -0.4 is 10.6 Å². The number of sulfone groups is 1. The van der Waals surface area contributed by atoms with Crippen molar-refractivity contribution in [3.63, 3.8) is 0 Å². The van der Waals surface area contributed by atoms with Gasteiger partial charge < -0.3 is 10.6 Å². The van der Waals surface area contributed by atoms with E-state index in [0.717, 1.165) is 19.4 Å². The Kier molecular flexibility index (Phi) is 8.60. The maximum atomic E-state index is 12.1. The van der Waals surface area contributed by atoms with Crippen LogP contribution in [-0.2, 0) is 16.3 Å². The highest BCUT2D eigenvalue weighted by atomic mass is 32.2. The smallest absolute Gasteiger partial charge is 0.191 e. The standard InChI is InChI=1S/C20H35N3O2S/c1-16(2)18-11-9-17(10-12-18)8-7-13-22-19(21-6)23-14-15-26(24,25)20(3,4)5/h9-12,16H,7-8,13-15H2,1-6H3,(H2,21,22,23). The van der Waals surface area contributed by atoms with Gasteiger partial charge in [0.1, 0.15) is 0 Å². The molecule has 0 radical (unpaired) electrons. The average Bonchev–Trinajstić information content (AvgIpc) is 2.56. The first kappa shape index (κ1) is 22.5. The van der Waals surface area contributed by atoms with E-state index in [9.17, 15) is 8.42 Å². The van der Waals surface area contributed by atoms with Crippen molar-refractivity contribution in [3.8, 4) is 0 Å². The average molecular weight is 382 g/mol. The number of nitrogens with zero attached hydrogens (tertiary/aromatic N) is 1. The molecule has 0 bridgehead atoms. The fourth-order valence-electron chi connectivity index (χ4n) is 2.40. The minimum Gasteiger partial charge on any atom is -0.356 e. The molecule has 0 aromatic heterocycles. The summed E-state index contributed by atoms with van der Waals surface area (Å²) in [7, 11) is -1.43. The SMILES string of the molecule is CN=C(NCCCc1ccc(C(C)C)cc1)NCCS(=O)(=O)C(C)(C)C.